The Bertz CT molecular complexity index is 1790. The molecule has 3 aliphatic heterocycles. The van der Waals surface area contributed by atoms with Crippen LogP contribution in [-0.2, 0) is 38.1 Å². The maximum atomic E-state index is 14.8. The number of Topliss-reactive ketones (excluding diaryl/α,β-unsaturated/α-hetero) is 2. The van der Waals surface area contributed by atoms with Crippen LogP contribution in [-0.4, -0.2) is 114 Å². The van der Waals surface area contributed by atoms with Crippen molar-refractivity contribution < 1.29 is 48.0 Å². The van der Waals surface area contributed by atoms with Crippen LogP contribution >= 0.6 is 0 Å². The Kier molecular flexibility index (Phi) is 13.4. The molecule has 1 aromatic heterocycles. The number of hydrogen-bond donors (Lipinski definition) is 2. The van der Waals surface area contributed by atoms with Gasteiger partial charge in [0.05, 0.1) is 29.9 Å². The number of aliphatic hydroxyl groups excluding tert-OH is 1. The molecule has 13 heteroatoms. The molecule has 0 saturated carbocycles. The number of benzene rings is 1. The van der Waals surface area contributed by atoms with Crippen LogP contribution in [0, 0.1) is 41.4 Å². The number of ether oxygens (including phenoxy) is 5. The third-order valence-electron chi connectivity index (χ3n) is 11.9. The smallest absolute Gasteiger partial charge is 0.408 e. The Morgan fingerprint density at radius 1 is 1.02 bits per heavy atom. The number of carbonyl (C=O) groups excluding carboxylic acids is 4. The second-order valence-electron chi connectivity index (χ2n) is 15.9. The van der Waals surface area contributed by atoms with E-state index < -0.39 is 89.8 Å². The number of likely N-dealkylation sites (N-methyl/N-ethyl adjacent to an activating group) is 1. The number of para-hydroxylation sites is 1. The van der Waals surface area contributed by atoms with Crippen molar-refractivity contribution in [1.82, 2.24) is 15.2 Å². The molecule has 3 aliphatic rings. The van der Waals surface area contributed by atoms with Crippen molar-refractivity contribution in [2.24, 2.45) is 29.6 Å². The Morgan fingerprint density at radius 2 is 1.71 bits per heavy atom. The quantitative estimate of drug-likeness (QED) is 0.244. The van der Waals surface area contributed by atoms with Crippen LogP contribution in [0.15, 0.2) is 36.5 Å². The number of alkyl carbamates (subject to hydrolysis) is 1. The molecule has 2 N–H and O–H groups in total. The first-order valence-corrected chi connectivity index (χ1v) is 19.3. The average Bonchev–Trinajstić information content (AvgIpc) is 3.47. The van der Waals surface area contributed by atoms with Gasteiger partial charge in [-0.2, -0.15) is 0 Å². The molecule has 0 radical (unpaired) electrons. The molecule has 2 unspecified atom stereocenters. The van der Waals surface area contributed by atoms with E-state index in [0.29, 0.717) is 12.0 Å². The SMILES string of the molecule is CC[C@H]1OC(=O)C(CC#Cc2cnc3ccccc3c2)C(=O)[C@H](C)[C@@H](O[C@@H]2O[C@H](C)C[C@H](N(C)C)[C@H]2O)[C@@H](C)[C@@H](OC)[C@@H](C)C(=O)[C@H](C)C2NC(=O)O[C@@]21C. The van der Waals surface area contributed by atoms with Gasteiger partial charge in [-0.05, 0) is 52.9 Å². The molecule has 4 heterocycles. The summed E-state index contributed by atoms with van der Waals surface area (Å²) in [5, 5.41) is 15.2. The molecule has 300 valence electrons. The van der Waals surface area contributed by atoms with Crippen molar-refractivity contribution in [2.75, 3.05) is 21.2 Å². The highest BCUT2D eigenvalue weighted by Crippen LogP contribution is 2.39. The fraction of sp³-hybridized carbons (Fsp3) is 0.643. The van der Waals surface area contributed by atoms with Gasteiger partial charge in [0, 0.05) is 60.4 Å². The van der Waals surface area contributed by atoms with E-state index in [1.165, 1.54) is 7.11 Å². The van der Waals surface area contributed by atoms with E-state index in [-0.39, 0.29) is 30.8 Å². The van der Waals surface area contributed by atoms with Gasteiger partial charge in [0.25, 0.3) is 0 Å². The monoisotopic (exact) mass is 763 g/mol. The first-order chi connectivity index (χ1) is 26.0. The van der Waals surface area contributed by atoms with E-state index >= 15 is 0 Å². The van der Waals surface area contributed by atoms with E-state index in [4.69, 9.17) is 23.7 Å². The van der Waals surface area contributed by atoms with Gasteiger partial charge in [-0.25, -0.2) is 4.79 Å². The van der Waals surface area contributed by atoms with Crippen LogP contribution in [0.3, 0.4) is 0 Å². The third-order valence-corrected chi connectivity index (χ3v) is 11.9. The maximum Gasteiger partial charge on any atom is 0.408 e. The number of ketones is 2. The lowest BCUT2D eigenvalue weighted by Crippen LogP contribution is -2.59. The molecule has 3 fully saturated rings. The predicted molar refractivity (Wildman–Crippen MR) is 203 cm³/mol. The van der Waals surface area contributed by atoms with E-state index in [9.17, 15) is 24.3 Å². The number of rotatable bonds is 6. The molecule has 1 amide bonds. The number of pyridine rings is 1. The molecular formula is C42H57N3O10. The molecule has 55 heavy (non-hydrogen) atoms. The molecule has 13 nitrogen and oxygen atoms in total. The Labute approximate surface area is 324 Å². The normalized spacial score (nSPS) is 37.6. The number of methoxy groups -OCH3 is 1. The fourth-order valence-electron chi connectivity index (χ4n) is 8.76. The summed E-state index contributed by atoms with van der Waals surface area (Å²) in [5.74, 6) is 0.0123. The Hall–Kier alpha value is -3.93. The first kappa shape index (κ1) is 42.2. The van der Waals surface area contributed by atoms with Gasteiger partial charge < -0.3 is 39.0 Å². The minimum absolute atomic E-state index is 0.189. The summed E-state index contributed by atoms with van der Waals surface area (Å²) in [6.45, 7) is 12.3. The van der Waals surface area contributed by atoms with E-state index in [0.717, 1.165) is 10.9 Å². The minimum atomic E-state index is -1.43. The van der Waals surface area contributed by atoms with Gasteiger partial charge in [0.1, 0.15) is 23.9 Å². The fourth-order valence-corrected chi connectivity index (χ4v) is 8.76. The highest BCUT2D eigenvalue weighted by atomic mass is 16.7. The van der Waals surface area contributed by atoms with Gasteiger partial charge in [0.15, 0.2) is 17.7 Å². The first-order valence-electron chi connectivity index (χ1n) is 19.3. The number of carbonyl (C=O) groups is 4. The summed E-state index contributed by atoms with van der Waals surface area (Å²) in [7, 11) is 5.23. The highest BCUT2D eigenvalue weighted by molar-refractivity contribution is 6.00. The van der Waals surface area contributed by atoms with Gasteiger partial charge in [-0.3, -0.25) is 19.4 Å². The molecule has 3 saturated heterocycles. The molecule has 0 spiro atoms. The van der Waals surface area contributed by atoms with Crippen molar-refractivity contribution in [1.29, 1.82) is 0 Å². The lowest BCUT2D eigenvalue weighted by Gasteiger charge is -2.45. The standard InChI is InChI=1S/C42H57N3O10/c1-11-32-42(7)38(44-41(50)55-42)25(5)33(46)23(3)36(51-10)26(6)37(54-40-35(48)31(45(8)9)19-22(2)52-40)24(4)34(47)29(39(49)53-32)17-14-15-27-20-28-16-12-13-18-30(28)43-21-27/h12-13,16,18,20-26,29,31-32,35-38,40,48H,11,17,19H2,1-10H3,(H,44,50)/t22-,23+,24+,25+,26+,29?,31+,32-,35-,36+,37-,38?,40+,42-/m1/s1. The molecular weight excluding hydrogens is 706 g/mol. The van der Waals surface area contributed by atoms with Crippen molar-refractivity contribution in [2.45, 2.75) is 122 Å². The predicted octanol–water partition coefficient (Wildman–Crippen LogP) is 4.30. The minimum Gasteiger partial charge on any atom is -0.457 e. The number of cyclic esters (lactones) is 1. The number of esters is 1. The van der Waals surface area contributed by atoms with Crippen molar-refractivity contribution in [3.63, 3.8) is 0 Å². The van der Waals surface area contributed by atoms with Crippen molar-refractivity contribution >= 4 is 34.5 Å². The van der Waals surface area contributed by atoms with Crippen LogP contribution in [0.5, 0.6) is 0 Å². The Balaban J connectivity index is 1.59. The van der Waals surface area contributed by atoms with Crippen LogP contribution in [0.4, 0.5) is 4.79 Å². The summed E-state index contributed by atoms with van der Waals surface area (Å²) in [4.78, 5) is 62.7. The number of aliphatic hydroxyl groups is 1. The number of fused-ring (bicyclic) bond motifs is 2. The number of hydrogen-bond acceptors (Lipinski definition) is 12. The Morgan fingerprint density at radius 3 is 2.38 bits per heavy atom. The van der Waals surface area contributed by atoms with E-state index in [1.54, 1.807) is 40.8 Å². The summed E-state index contributed by atoms with van der Waals surface area (Å²) < 4.78 is 30.8. The van der Waals surface area contributed by atoms with Gasteiger partial charge in [-0.1, -0.05) is 64.7 Å². The zero-order chi connectivity index (χ0) is 40.4. The van der Waals surface area contributed by atoms with Gasteiger partial charge in [0.2, 0.25) is 0 Å². The van der Waals surface area contributed by atoms with Crippen LogP contribution < -0.4 is 5.32 Å². The van der Waals surface area contributed by atoms with Crippen molar-refractivity contribution in [3.05, 3.63) is 42.1 Å². The molecule has 2 aromatic rings. The summed E-state index contributed by atoms with van der Waals surface area (Å²) in [6.07, 6.45) is -3.75. The van der Waals surface area contributed by atoms with Crippen molar-refractivity contribution in [3.8, 4) is 11.8 Å². The molecule has 0 aliphatic carbocycles. The average molecular weight is 764 g/mol. The van der Waals surface area contributed by atoms with Crippen LogP contribution in [0.1, 0.15) is 73.3 Å². The second-order valence-corrected chi connectivity index (χ2v) is 15.9. The molecule has 1 aromatic carbocycles. The van der Waals surface area contributed by atoms with Gasteiger partial charge >= 0.3 is 12.1 Å². The zero-order valence-electron chi connectivity index (χ0n) is 33.6. The maximum absolute atomic E-state index is 14.8. The number of nitrogens with one attached hydrogen (secondary N) is 1. The zero-order valence-corrected chi connectivity index (χ0v) is 33.6. The van der Waals surface area contributed by atoms with Crippen LogP contribution in [0.25, 0.3) is 10.9 Å². The number of nitrogens with zero attached hydrogens (tertiary/aromatic N) is 2. The lowest BCUT2D eigenvalue weighted by molar-refractivity contribution is -0.281. The topological polar surface area (TPSA) is 163 Å². The lowest BCUT2D eigenvalue weighted by atomic mass is 9.73. The second kappa shape index (κ2) is 17.5. The van der Waals surface area contributed by atoms with Crippen LogP contribution in [0.2, 0.25) is 0 Å². The summed E-state index contributed by atoms with van der Waals surface area (Å²) in [5.41, 5.74) is -0.0160. The van der Waals surface area contributed by atoms with Gasteiger partial charge in [-0.15, -0.1) is 0 Å². The summed E-state index contributed by atoms with van der Waals surface area (Å²) >= 11 is 0. The number of aromatic nitrogens is 1. The van der Waals surface area contributed by atoms with E-state index in [1.807, 2.05) is 63.2 Å². The third kappa shape index (κ3) is 8.74. The number of amides is 1. The molecule has 5 rings (SSSR count). The highest BCUT2D eigenvalue weighted by Gasteiger charge is 2.57. The molecule has 14 atom stereocenters. The largest absolute Gasteiger partial charge is 0.457 e. The van der Waals surface area contributed by atoms with E-state index in [2.05, 4.69) is 22.1 Å². The summed E-state index contributed by atoms with van der Waals surface area (Å²) in [6, 6.07) is 8.36. The molecule has 0 bridgehead atoms.